The van der Waals surface area contributed by atoms with Gasteiger partial charge < -0.3 is 4.74 Å². The van der Waals surface area contributed by atoms with Gasteiger partial charge >= 0.3 is 0 Å². The zero-order valence-corrected chi connectivity index (χ0v) is 7.53. The average molecular weight is 173 g/mol. The third kappa shape index (κ3) is 3.00. The molecule has 1 aromatic carbocycles. The van der Waals surface area contributed by atoms with Crippen LogP contribution in [-0.2, 0) is 0 Å². The first-order valence-electron chi connectivity index (χ1n) is 4.16. The predicted octanol–water partition coefficient (Wildman–Crippen LogP) is 2.62. The van der Waals surface area contributed by atoms with Gasteiger partial charge in [-0.2, -0.15) is 5.26 Å². The van der Waals surface area contributed by atoms with E-state index >= 15 is 0 Å². The van der Waals surface area contributed by atoms with Crippen LogP contribution in [0.25, 0.3) is 6.08 Å². The first-order valence-corrected chi connectivity index (χ1v) is 4.16. The maximum Gasteiger partial charge on any atom is 0.119 e. The van der Waals surface area contributed by atoms with Gasteiger partial charge in [0.2, 0.25) is 0 Å². The summed E-state index contributed by atoms with van der Waals surface area (Å²) in [5.41, 5.74) is 0.979. The van der Waals surface area contributed by atoms with Crippen LogP contribution in [-0.4, -0.2) is 6.61 Å². The number of hydrogen-bond acceptors (Lipinski definition) is 2. The van der Waals surface area contributed by atoms with E-state index in [2.05, 4.69) is 0 Å². The molecule has 0 saturated heterocycles. The van der Waals surface area contributed by atoms with E-state index in [1.165, 1.54) is 6.08 Å². The second kappa shape index (κ2) is 5.00. The van der Waals surface area contributed by atoms with Crippen LogP contribution in [0.2, 0.25) is 0 Å². The quantitative estimate of drug-likeness (QED) is 0.658. The Morgan fingerprint density at radius 2 is 2.38 bits per heavy atom. The molecule has 2 nitrogen and oxygen atoms in total. The highest BCUT2D eigenvalue weighted by Crippen LogP contribution is 2.13. The van der Waals surface area contributed by atoms with Gasteiger partial charge in [-0.05, 0) is 30.7 Å². The van der Waals surface area contributed by atoms with E-state index < -0.39 is 0 Å². The van der Waals surface area contributed by atoms with Gasteiger partial charge in [-0.25, -0.2) is 0 Å². The second-order valence-corrected chi connectivity index (χ2v) is 2.47. The Bertz CT molecular complexity index is 336. The SMILES string of the molecule is CCOc1cccc(C=CC#N)c1. The van der Waals surface area contributed by atoms with E-state index in [-0.39, 0.29) is 0 Å². The molecule has 0 bridgehead atoms. The summed E-state index contributed by atoms with van der Waals surface area (Å²) in [6.07, 6.45) is 3.20. The second-order valence-electron chi connectivity index (χ2n) is 2.47. The fraction of sp³-hybridized carbons (Fsp3) is 0.182. The van der Waals surface area contributed by atoms with Gasteiger partial charge in [0.05, 0.1) is 12.7 Å². The Labute approximate surface area is 78.1 Å². The largest absolute Gasteiger partial charge is 0.494 e. The standard InChI is InChI=1S/C11H11NO/c1-2-13-11-7-3-5-10(9-11)6-4-8-12/h3-7,9H,2H2,1H3. The van der Waals surface area contributed by atoms with Gasteiger partial charge in [0.25, 0.3) is 0 Å². The molecule has 13 heavy (non-hydrogen) atoms. The Morgan fingerprint density at radius 3 is 3.08 bits per heavy atom. The Balaban J connectivity index is 2.80. The number of hydrogen-bond donors (Lipinski definition) is 0. The molecule has 0 aromatic heterocycles. The molecule has 0 aliphatic rings. The van der Waals surface area contributed by atoms with Crippen LogP contribution in [0, 0.1) is 11.3 Å². The van der Waals surface area contributed by atoms with E-state index in [4.69, 9.17) is 10.00 Å². The molecule has 1 rings (SSSR count). The summed E-state index contributed by atoms with van der Waals surface area (Å²) in [6, 6.07) is 9.57. The number of rotatable bonds is 3. The fourth-order valence-electron chi connectivity index (χ4n) is 1.01. The van der Waals surface area contributed by atoms with Gasteiger partial charge in [0.15, 0.2) is 0 Å². The molecule has 0 heterocycles. The van der Waals surface area contributed by atoms with Crippen molar-refractivity contribution in [1.82, 2.24) is 0 Å². The number of nitrogens with zero attached hydrogens (tertiary/aromatic N) is 1. The number of ether oxygens (including phenoxy) is 1. The van der Waals surface area contributed by atoms with E-state index in [0.29, 0.717) is 6.61 Å². The topological polar surface area (TPSA) is 33.0 Å². The van der Waals surface area contributed by atoms with Crippen LogP contribution in [0.15, 0.2) is 30.3 Å². The lowest BCUT2D eigenvalue weighted by atomic mass is 10.2. The van der Waals surface area contributed by atoms with Crippen LogP contribution >= 0.6 is 0 Å². The Kier molecular flexibility index (Phi) is 3.59. The first-order chi connectivity index (χ1) is 6.36. The normalized spacial score (nSPS) is 9.85. The van der Waals surface area contributed by atoms with Gasteiger partial charge in [-0.3, -0.25) is 0 Å². The molecule has 0 atom stereocenters. The van der Waals surface area contributed by atoms with Gasteiger partial charge in [-0.15, -0.1) is 0 Å². The number of allylic oxidation sites excluding steroid dienone is 1. The van der Waals surface area contributed by atoms with Crippen LogP contribution < -0.4 is 4.74 Å². The van der Waals surface area contributed by atoms with Crippen molar-refractivity contribution in [1.29, 1.82) is 5.26 Å². The van der Waals surface area contributed by atoms with Crippen molar-refractivity contribution in [2.45, 2.75) is 6.92 Å². The molecule has 0 N–H and O–H groups in total. The predicted molar refractivity (Wildman–Crippen MR) is 52.3 cm³/mol. The lowest BCUT2D eigenvalue weighted by Gasteiger charge is -2.02. The van der Waals surface area contributed by atoms with Crippen LogP contribution in [0.5, 0.6) is 5.75 Å². The summed E-state index contributed by atoms with van der Waals surface area (Å²) < 4.78 is 5.31. The van der Waals surface area contributed by atoms with Gasteiger partial charge in [0.1, 0.15) is 5.75 Å². The maximum atomic E-state index is 8.33. The van der Waals surface area contributed by atoms with Crippen LogP contribution in [0.1, 0.15) is 12.5 Å². The smallest absolute Gasteiger partial charge is 0.119 e. The molecular formula is C11H11NO. The molecule has 0 aliphatic heterocycles. The van der Waals surface area contributed by atoms with E-state index in [1.54, 1.807) is 6.08 Å². The van der Waals surface area contributed by atoms with Gasteiger partial charge in [0, 0.05) is 6.08 Å². The average Bonchev–Trinajstić information content (AvgIpc) is 2.16. The number of nitriles is 1. The van der Waals surface area contributed by atoms with Crippen molar-refractivity contribution in [3.05, 3.63) is 35.9 Å². The highest BCUT2D eigenvalue weighted by Gasteiger charge is 1.91. The van der Waals surface area contributed by atoms with Crippen molar-refractivity contribution in [3.63, 3.8) is 0 Å². The summed E-state index contributed by atoms with van der Waals surface area (Å²) in [7, 11) is 0. The molecular weight excluding hydrogens is 162 g/mol. The molecule has 0 amide bonds. The zero-order chi connectivity index (χ0) is 9.52. The highest BCUT2D eigenvalue weighted by molar-refractivity contribution is 5.53. The molecule has 0 spiro atoms. The lowest BCUT2D eigenvalue weighted by Crippen LogP contribution is -1.90. The van der Waals surface area contributed by atoms with Crippen molar-refractivity contribution >= 4 is 6.08 Å². The third-order valence-electron chi connectivity index (χ3n) is 1.52. The molecule has 2 heteroatoms. The summed E-state index contributed by atoms with van der Waals surface area (Å²) in [4.78, 5) is 0. The molecule has 0 aliphatic carbocycles. The first kappa shape index (κ1) is 9.34. The minimum Gasteiger partial charge on any atom is -0.494 e. The monoisotopic (exact) mass is 173 g/mol. The fourth-order valence-corrected chi connectivity index (χ4v) is 1.01. The molecule has 0 saturated carbocycles. The maximum absolute atomic E-state index is 8.33. The van der Waals surface area contributed by atoms with Crippen molar-refractivity contribution in [2.75, 3.05) is 6.61 Å². The van der Waals surface area contributed by atoms with E-state index in [9.17, 15) is 0 Å². The zero-order valence-electron chi connectivity index (χ0n) is 7.53. The highest BCUT2D eigenvalue weighted by atomic mass is 16.5. The molecule has 0 radical (unpaired) electrons. The minimum atomic E-state index is 0.658. The Hall–Kier alpha value is -1.75. The summed E-state index contributed by atoms with van der Waals surface area (Å²) in [5, 5.41) is 8.33. The van der Waals surface area contributed by atoms with Gasteiger partial charge in [-0.1, -0.05) is 12.1 Å². The van der Waals surface area contributed by atoms with Crippen molar-refractivity contribution < 1.29 is 4.74 Å². The Morgan fingerprint density at radius 1 is 1.54 bits per heavy atom. The molecule has 66 valence electrons. The minimum absolute atomic E-state index is 0.658. The van der Waals surface area contributed by atoms with Crippen molar-refractivity contribution in [2.24, 2.45) is 0 Å². The summed E-state index contributed by atoms with van der Waals surface area (Å²) in [5.74, 6) is 0.836. The summed E-state index contributed by atoms with van der Waals surface area (Å²) >= 11 is 0. The van der Waals surface area contributed by atoms with Crippen LogP contribution in [0.3, 0.4) is 0 Å². The van der Waals surface area contributed by atoms with E-state index in [1.807, 2.05) is 37.3 Å². The molecule has 1 aromatic rings. The molecule has 0 unspecified atom stereocenters. The van der Waals surface area contributed by atoms with Crippen molar-refractivity contribution in [3.8, 4) is 11.8 Å². The third-order valence-corrected chi connectivity index (χ3v) is 1.52. The lowest BCUT2D eigenvalue weighted by molar-refractivity contribution is 0.340. The van der Waals surface area contributed by atoms with E-state index in [0.717, 1.165) is 11.3 Å². The molecule has 0 fully saturated rings. The number of benzene rings is 1. The summed E-state index contributed by atoms with van der Waals surface area (Å²) in [6.45, 7) is 2.60. The van der Waals surface area contributed by atoms with Crippen LogP contribution in [0.4, 0.5) is 0 Å².